The smallest absolute Gasteiger partial charge is 0.223 e. The lowest BCUT2D eigenvalue weighted by Crippen LogP contribution is -2.38. The number of amides is 1. The Balaban J connectivity index is 1.58. The Morgan fingerprint density at radius 1 is 1.48 bits per heavy atom. The Kier molecular flexibility index (Phi) is 4.61. The molecule has 1 aromatic heterocycles. The van der Waals surface area contributed by atoms with Crippen LogP contribution in [0.2, 0.25) is 0 Å². The Hall–Kier alpha value is -1.95. The first-order valence-corrected chi connectivity index (χ1v) is 8.18. The summed E-state index contributed by atoms with van der Waals surface area (Å²) in [6.45, 7) is 0.532. The van der Waals surface area contributed by atoms with Crippen LogP contribution in [-0.2, 0) is 18.3 Å². The zero-order chi connectivity index (χ0) is 16.4. The Labute approximate surface area is 135 Å². The molecule has 1 aliphatic carbocycles. The van der Waals surface area contributed by atoms with Gasteiger partial charge in [-0.1, -0.05) is 6.42 Å². The second kappa shape index (κ2) is 6.66. The van der Waals surface area contributed by atoms with Gasteiger partial charge in [0.2, 0.25) is 5.91 Å². The zero-order valence-corrected chi connectivity index (χ0v) is 13.4. The number of nitrogens with zero attached hydrogens (tertiary/aromatic N) is 2. The van der Waals surface area contributed by atoms with Crippen molar-refractivity contribution >= 4 is 16.9 Å². The molecule has 1 aromatic carbocycles. The largest absolute Gasteiger partial charge is 0.355 e. The van der Waals surface area contributed by atoms with E-state index >= 15 is 0 Å². The van der Waals surface area contributed by atoms with E-state index in [2.05, 4.69) is 10.3 Å². The molecule has 124 valence electrons. The first kappa shape index (κ1) is 15.9. The molecule has 1 aliphatic rings. The third-order valence-corrected chi connectivity index (χ3v) is 4.67. The van der Waals surface area contributed by atoms with Crippen LogP contribution in [-0.4, -0.2) is 28.0 Å². The van der Waals surface area contributed by atoms with Gasteiger partial charge in [0.15, 0.2) is 0 Å². The molecule has 0 radical (unpaired) electrons. The van der Waals surface area contributed by atoms with Gasteiger partial charge >= 0.3 is 0 Å². The number of fused-ring (bicyclic) bond motifs is 1. The first-order chi connectivity index (χ1) is 11.0. The van der Waals surface area contributed by atoms with Gasteiger partial charge in [-0.2, -0.15) is 0 Å². The maximum Gasteiger partial charge on any atom is 0.223 e. The molecule has 2 atom stereocenters. The van der Waals surface area contributed by atoms with Crippen molar-refractivity contribution in [3.05, 3.63) is 29.8 Å². The minimum atomic E-state index is -0.269. The maximum absolute atomic E-state index is 13.3. The normalized spacial score (nSPS) is 21.5. The van der Waals surface area contributed by atoms with Crippen LogP contribution in [0.25, 0.3) is 11.0 Å². The van der Waals surface area contributed by atoms with Crippen molar-refractivity contribution in [2.75, 3.05) is 6.54 Å². The molecule has 0 aliphatic heterocycles. The van der Waals surface area contributed by atoms with E-state index in [9.17, 15) is 9.18 Å². The number of imidazole rings is 1. The summed E-state index contributed by atoms with van der Waals surface area (Å²) in [7, 11) is 1.87. The van der Waals surface area contributed by atoms with E-state index in [1.165, 1.54) is 12.1 Å². The fourth-order valence-corrected chi connectivity index (χ4v) is 3.34. The summed E-state index contributed by atoms with van der Waals surface area (Å²) in [6, 6.07) is 4.71. The number of nitrogens with two attached hydrogens (primary N) is 1. The Bertz CT molecular complexity index is 712. The minimum Gasteiger partial charge on any atom is -0.355 e. The van der Waals surface area contributed by atoms with Crippen molar-refractivity contribution in [1.82, 2.24) is 14.9 Å². The van der Waals surface area contributed by atoms with Crippen molar-refractivity contribution in [3.8, 4) is 0 Å². The molecule has 3 rings (SSSR count). The lowest BCUT2D eigenvalue weighted by atomic mass is 9.85. The molecule has 2 aromatic rings. The summed E-state index contributed by atoms with van der Waals surface area (Å²) in [4.78, 5) is 16.7. The SMILES string of the molecule is Cn1c(CCNC(=O)C2CCCC(N)C2)nc2ccc(F)cc21. The average Bonchev–Trinajstić information content (AvgIpc) is 2.83. The van der Waals surface area contributed by atoms with Crippen molar-refractivity contribution in [2.24, 2.45) is 18.7 Å². The molecule has 0 saturated heterocycles. The monoisotopic (exact) mass is 318 g/mol. The van der Waals surface area contributed by atoms with Gasteiger partial charge in [-0.15, -0.1) is 0 Å². The molecule has 1 heterocycles. The number of rotatable bonds is 4. The number of hydrogen-bond donors (Lipinski definition) is 2. The number of halogens is 1. The van der Waals surface area contributed by atoms with E-state index in [0.717, 1.165) is 42.5 Å². The van der Waals surface area contributed by atoms with Crippen LogP contribution in [0.1, 0.15) is 31.5 Å². The Morgan fingerprint density at radius 2 is 2.30 bits per heavy atom. The third kappa shape index (κ3) is 3.52. The second-order valence-electron chi connectivity index (χ2n) is 6.38. The average molecular weight is 318 g/mol. The number of nitrogens with one attached hydrogen (secondary N) is 1. The van der Waals surface area contributed by atoms with Crippen molar-refractivity contribution in [3.63, 3.8) is 0 Å². The molecule has 1 fully saturated rings. The fraction of sp³-hybridized carbons (Fsp3) is 0.529. The van der Waals surface area contributed by atoms with Crippen LogP contribution < -0.4 is 11.1 Å². The summed E-state index contributed by atoms with van der Waals surface area (Å²) in [5.41, 5.74) is 7.47. The summed E-state index contributed by atoms with van der Waals surface area (Å²) in [5.74, 6) is 0.693. The highest BCUT2D eigenvalue weighted by Crippen LogP contribution is 2.23. The van der Waals surface area contributed by atoms with Crippen LogP contribution in [0.5, 0.6) is 0 Å². The lowest BCUT2D eigenvalue weighted by Gasteiger charge is -2.25. The summed E-state index contributed by atoms with van der Waals surface area (Å²) < 4.78 is 15.2. The minimum absolute atomic E-state index is 0.0355. The van der Waals surface area contributed by atoms with Gasteiger partial charge in [-0.25, -0.2) is 9.37 Å². The van der Waals surface area contributed by atoms with Crippen LogP contribution in [0, 0.1) is 11.7 Å². The molecule has 2 unspecified atom stereocenters. The number of carbonyl (C=O) groups is 1. The first-order valence-electron chi connectivity index (χ1n) is 8.18. The number of carbonyl (C=O) groups excluding carboxylic acids is 1. The van der Waals surface area contributed by atoms with Crippen molar-refractivity contribution in [1.29, 1.82) is 0 Å². The van der Waals surface area contributed by atoms with Crippen molar-refractivity contribution in [2.45, 2.75) is 38.1 Å². The molecule has 1 amide bonds. The molecule has 1 saturated carbocycles. The molecular weight excluding hydrogens is 295 g/mol. The van der Waals surface area contributed by atoms with Crippen LogP contribution in [0.4, 0.5) is 4.39 Å². The molecule has 0 bridgehead atoms. The molecule has 5 nitrogen and oxygen atoms in total. The molecule has 23 heavy (non-hydrogen) atoms. The molecule has 6 heteroatoms. The highest BCUT2D eigenvalue weighted by atomic mass is 19.1. The van der Waals surface area contributed by atoms with Crippen molar-refractivity contribution < 1.29 is 9.18 Å². The van der Waals surface area contributed by atoms with Gasteiger partial charge in [0, 0.05) is 32.0 Å². The van der Waals surface area contributed by atoms with E-state index in [-0.39, 0.29) is 23.7 Å². The van der Waals surface area contributed by atoms with Gasteiger partial charge in [0.25, 0.3) is 0 Å². The van der Waals surface area contributed by atoms with Crippen LogP contribution >= 0.6 is 0 Å². The second-order valence-corrected chi connectivity index (χ2v) is 6.38. The lowest BCUT2D eigenvalue weighted by molar-refractivity contribution is -0.126. The topological polar surface area (TPSA) is 72.9 Å². The van der Waals surface area contributed by atoms with Gasteiger partial charge in [0.1, 0.15) is 11.6 Å². The number of benzene rings is 1. The zero-order valence-electron chi connectivity index (χ0n) is 13.4. The highest BCUT2D eigenvalue weighted by molar-refractivity contribution is 5.79. The van der Waals surface area contributed by atoms with E-state index < -0.39 is 0 Å². The Morgan fingerprint density at radius 3 is 3.09 bits per heavy atom. The molecular formula is C17H23FN4O. The summed E-state index contributed by atoms with van der Waals surface area (Å²) in [6.07, 6.45) is 4.36. The maximum atomic E-state index is 13.3. The third-order valence-electron chi connectivity index (χ3n) is 4.67. The summed E-state index contributed by atoms with van der Waals surface area (Å²) >= 11 is 0. The van der Waals surface area contributed by atoms with E-state index in [1.54, 1.807) is 6.07 Å². The molecule has 0 spiro atoms. The predicted octanol–water partition coefficient (Wildman–Crippen LogP) is 1.89. The van der Waals surface area contributed by atoms with Gasteiger partial charge < -0.3 is 15.6 Å². The van der Waals surface area contributed by atoms with E-state index in [4.69, 9.17) is 5.73 Å². The van der Waals surface area contributed by atoms with Gasteiger partial charge in [-0.3, -0.25) is 4.79 Å². The predicted molar refractivity (Wildman–Crippen MR) is 87.3 cm³/mol. The number of hydrogen-bond acceptors (Lipinski definition) is 3. The highest BCUT2D eigenvalue weighted by Gasteiger charge is 2.25. The molecule has 3 N–H and O–H groups in total. The van der Waals surface area contributed by atoms with Gasteiger partial charge in [-0.05, 0) is 37.5 Å². The van der Waals surface area contributed by atoms with E-state index in [1.807, 2.05) is 11.6 Å². The van der Waals surface area contributed by atoms with Gasteiger partial charge in [0.05, 0.1) is 11.0 Å². The quantitative estimate of drug-likeness (QED) is 0.904. The summed E-state index contributed by atoms with van der Waals surface area (Å²) in [5, 5.41) is 2.98. The number of aromatic nitrogens is 2. The standard InChI is InChI=1S/C17H23FN4O/c1-22-15-10-12(18)5-6-14(15)21-16(22)7-8-20-17(23)11-3-2-4-13(19)9-11/h5-6,10-11,13H,2-4,7-9,19H2,1H3,(H,20,23). The van der Waals surface area contributed by atoms with Crippen LogP contribution in [0.15, 0.2) is 18.2 Å². The fourth-order valence-electron chi connectivity index (χ4n) is 3.34. The van der Waals surface area contributed by atoms with Crippen LogP contribution in [0.3, 0.4) is 0 Å². The van der Waals surface area contributed by atoms with E-state index in [0.29, 0.717) is 13.0 Å². The number of aryl methyl sites for hydroxylation is 1.